The molecule has 1 aromatic carbocycles. The molecule has 1 saturated heterocycles. The number of fused-ring (bicyclic) bond motifs is 1. The lowest BCUT2D eigenvalue weighted by Crippen LogP contribution is -2.53. The molecule has 33 heavy (non-hydrogen) atoms. The molecule has 2 N–H and O–H groups in total. The van der Waals surface area contributed by atoms with Crippen molar-refractivity contribution in [2.24, 2.45) is 5.41 Å². The molecular formula is C25H34N4O3S. The molecule has 2 amide bonds. The van der Waals surface area contributed by atoms with Gasteiger partial charge < -0.3 is 15.4 Å². The molecule has 1 atom stereocenters. The molecule has 1 spiro atoms. The number of hydrogen-bond acceptors (Lipinski definition) is 6. The second-order valence-electron chi connectivity index (χ2n) is 9.17. The van der Waals surface area contributed by atoms with E-state index in [-0.39, 0.29) is 11.8 Å². The number of carbonyl (C=O) groups is 2. The van der Waals surface area contributed by atoms with Crippen LogP contribution in [0.2, 0.25) is 0 Å². The first-order chi connectivity index (χ1) is 16.1. The molecular weight excluding hydrogens is 436 g/mol. The van der Waals surface area contributed by atoms with E-state index in [0.29, 0.717) is 13.2 Å². The van der Waals surface area contributed by atoms with Crippen LogP contribution in [0.4, 0.5) is 0 Å². The highest BCUT2D eigenvalue weighted by Crippen LogP contribution is 2.38. The van der Waals surface area contributed by atoms with Gasteiger partial charge in [0.25, 0.3) is 0 Å². The van der Waals surface area contributed by atoms with Crippen LogP contribution in [0.25, 0.3) is 0 Å². The molecule has 0 radical (unpaired) electrons. The SMILES string of the molecule is C[C@@H]1NC(=O)C2(CCCCc3ccccc3OCCNC1=O)CCN(Cc1cncs1)CC2. The molecule has 2 aromatic rings. The van der Waals surface area contributed by atoms with Crippen molar-refractivity contribution in [2.75, 3.05) is 26.2 Å². The number of para-hydroxylation sites is 1. The van der Waals surface area contributed by atoms with Gasteiger partial charge in [0.15, 0.2) is 0 Å². The Morgan fingerprint density at radius 3 is 2.79 bits per heavy atom. The van der Waals surface area contributed by atoms with E-state index in [1.165, 1.54) is 10.4 Å². The van der Waals surface area contributed by atoms with Gasteiger partial charge in [-0.25, -0.2) is 0 Å². The van der Waals surface area contributed by atoms with Crippen molar-refractivity contribution in [3.8, 4) is 5.75 Å². The molecule has 0 saturated carbocycles. The Hall–Kier alpha value is -2.45. The summed E-state index contributed by atoms with van der Waals surface area (Å²) >= 11 is 1.67. The number of likely N-dealkylation sites (tertiary alicyclic amines) is 1. The standard InChI is InChI=1S/C25H34N4O3S/c1-19-23(30)27-12-15-32-22-8-3-2-6-20(22)7-4-5-9-25(24(31)28-19)10-13-29(14-11-25)17-21-16-26-18-33-21/h2-3,6,8,16,18-19H,4-5,7,9-15,17H2,1H3,(H,27,30)(H,28,31)/t19-/m0/s1. The minimum atomic E-state index is -0.568. The third kappa shape index (κ3) is 6.12. The van der Waals surface area contributed by atoms with Crippen LogP contribution in [0.1, 0.15) is 49.5 Å². The van der Waals surface area contributed by atoms with Gasteiger partial charge in [0.2, 0.25) is 11.8 Å². The molecule has 1 aromatic heterocycles. The van der Waals surface area contributed by atoms with Crippen molar-refractivity contribution in [1.29, 1.82) is 0 Å². The summed E-state index contributed by atoms with van der Waals surface area (Å²) in [7, 11) is 0. The number of nitrogens with zero attached hydrogens (tertiary/aromatic N) is 2. The number of carbonyl (C=O) groups excluding carboxylic acids is 2. The van der Waals surface area contributed by atoms with Gasteiger partial charge in [0.05, 0.1) is 17.5 Å². The number of ether oxygens (including phenoxy) is 1. The molecule has 178 valence electrons. The average molecular weight is 471 g/mol. The quantitative estimate of drug-likeness (QED) is 0.705. The minimum Gasteiger partial charge on any atom is -0.491 e. The van der Waals surface area contributed by atoms with Crippen LogP contribution in [-0.4, -0.2) is 54.0 Å². The maximum absolute atomic E-state index is 13.5. The van der Waals surface area contributed by atoms with E-state index >= 15 is 0 Å². The van der Waals surface area contributed by atoms with E-state index in [0.717, 1.165) is 63.9 Å². The van der Waals surface area contributed by atoms with Gasteiger partial charge in [-0.3, -0.25) is 19.5 Å². The lowest BCUT2D eigenvalue weighted by molar-refractivity contribution is -0.138. The van der Waals surface area contributed by atoms with Crippen molar-refractivity contribution in [3.63, 3.8) is 0 Å². The minimum absolute atomic E-state index is 0.0223. The van der Waals surface area contributed by atoms with Crippen LogP contribution in [0, 0.1) is 5.41 Å². The number of nitrogens with one attached hydrogen (secondary N) is 2. The summed E-state index contributed by atoms with van der Waals surface area (Å²) in [6.45, 7) is 5.21. The van der Waals surface area contributed by atoms with Gasteiger partial charge in [-0.1, -0.05) is 24.6 Å². The van der Waals surface area contributed by atoms with Gasteiger partial charge in [-0.05, 0) is 63.7 Å². The predicted molar refractivity (Wildman–Crippen MR) is 129 cm³/mol. The number of thiazole rings is 1. The summed E-state index contributed by atoms with van der Waals surface area (Å²) in [6, 6.07) is 7.54. The van der Waals surface area contributed by atoms with Crippen LogP contribution < -0.4 is 15.4 Å². The number of piperidine rings is 1. The van der Waals surface area contributed by atoms with Crippen molar-refractivity contribution in [2.45, 2.75) is 58.0 Å². The maximum Gasteiger partial charge on any atom is 0.242 e. The normalized spacial score (nSPS) is 22.9. The van der Waals surface area contributed by atoms with Crippen molar-refractivity contribution in [1.82, 2.24) is 20.5 Å². The highest BCUT2D eigenvalue weighted by molar-refractivity contribution is 7.09. The number of amides is 2. The molecule has 3 heterocycles. The zero-order valence-corrected chi connectivity index (χ0v) is 20.2. The van der Waals surface area contributed by atoms with Crippen LogP contribution in [-0.2, 0) is 22.6 Å². The summed E-state index contributed by atoms with van der Waals surface area (Å²) in [5.74, 6) is 0.733. The summed E-state index contributed by atoms with van der Waals surface area (Å²) in [5.41, 5.74) is 2.63. The van der Waals surface area contributed by atoms with Crippen LogP contribution >= 0.6 is 11.3 Å². The van der Waals surface area contributed by atoms with Gasteiger partial charge in [0.1, 0.15) is 18.4 Å². The molecule has 7 nitrogen and oxygen atoms in total. The molecule has 2 aliphatic rings. The van der Waals surface area contributed by atoms with Crippen molar-refractivity contribution >= 4 is 23.2 Å². The smallest absolute Gasteiger partial charge is 0.242 e. The maximum atomic E-state index is 13.5. The van der Waals surface area contributed by atoms with Crippen molar-refractivity contribution in [3.05, 3.63) is 46.4 Å². The molecule has 0 unspecified atom stereocenters. The predicted octanol–water partition coefficient (Wildman–Crippen LogP) is 3.15. The molecule has 0 aliphatic carbocycles. The zero-order valence-electron chi connectivity index (χ0n) is 19.3. The molecule has 0 bridgehead atoms. The Balaban J connectivity index is 1.46. The fourth-order valence-corrected chi connectivity index (χ4v) is 5.44. The van der Waals surface area contributed by atoms with E-state index < -0.39 is 11.5 Å². The van der Waals surface area contributed by atoms with Gasteiger partial charge >= 0.3 is 0 Å². The molecule has 4 rings (SSSR count). The first kappa shape index (κ1) is 23.7. The van der Waals surface area contributed by atoms with E-state index in [9.17, 15) is 9.59 Å². The molecule has 1 fully saturated rings. The monoisotopic (exact) mass is 470 g/mol. The number of benzene rings is 1. The van der Waals surface area contributed by atoms with Crippen LogP contribution in [0.3, 0.4) is 0 Å². The lowest BCUT2D eigenvalue weighted by Gasteiger charge is -2.41. The fourth-order valence-electron chi connectivity index (χ4n) is 4.80. The van der Waals surface area contributed by atoms with Gasteiger partial charge in [-0.15, -0.1) is 11.3 Å². The highest BCUT2D eigenvalue weighted by atomic mass is 32.1. The first-order valence-corrected chi connectivity index (χ1v) is 12.8. The number of aryl methyl sites for hydroxylation is 1. The third-order valence-corrected chi connectivity index (χ3v) is 7.65. The Morgan fingerprint density at radius 2 is 2.00 bits per heavy atom. The lowest BCUT2D eigenvalue weighted by atomic mass is 9.73. The van der Waals surface area contributed by atoms with Gasteiger partial charge in [0, 0.05) is 17.6 Å². The van der Waals surface area contributed by atoms with E-state index in [1.54, 1.807) is 18.3 Å². The molecule has 2 aliphatic heterocycles. The van der Waals surface area contributed by atoms with Crippen LogP contribution in [0.15, 0.2) is 36.0 Å². The zero-order chi connectivity index (χ0) is 23.1. The van der Waals surface area contributed by atoms with E-state index in [1.807, 2.05) is 29.9 Å². The summed E-state index contributed by atoms with van der Waals surface area (Å²) in [5, 5.41) is 5.90. The number of hydrogen-bond donors (Lipinski definition) is 2. The Kier molecular flexibility index (Phi) is 7.98. The van der Waals surface area contributed by atoms with E-state index in [2.05, 4.69) is 26.6 Å². The third-order valence-electron chi connectivity index (χ3n) is 6.88. The van der Waals surface area contributed by atoms with Crippen LogP contribution in [0.5, 0.6) is 5.75 Å². The fraction of sp³-hybridized carbons (Fsp3) is 0.560. The van der Waals surface area contributed by atoms with Crippen molar-refractivity contribution < 1.29 is 14.3 Å². The largest absolute Gasteiger partial charge is 0.491 e. The Morgan fingerprint density at radius 1 is 1.18 bits per heavy atom. The second kappa shape index (κ2) is 11.1. The average Bonchev–Trinajstić information content (AvgIpc) is 3.33. The molecule has 8 heteroatoms. The van der Waals surface area contributed by atoms with Gasteiger partial charge in [-0.2, -0.15) is 0 Å². The summed E-state index contributed by atoms with van der Waals surface area (Å²) in [6.07, 6.45) is 7.29. The highest BCUT2D eigenvalue weighted by Gasteiger charge is 2.41. The Bertz CT molecular complexity index is 925. The number of aromatic nitrogens is 1. The summed E-state index contributed by atoms with van der Waals surface area (Å²) < 4.78 is 5.92. The second-order valence-corrected chi connectivity index (χ2v) is 10.1. The topological polar surface area (TPSA) is 83.6 Å². The number of rotatable bonds is 2. The summed E-state index contributed by atoms with van der Waals surface area (Å²) in [4.78, 5) is 33.9. The van der Waals surface area contributed by atoms with E-state index in [4.69, 9.17) is 4.74 Å². The Labute approximate surface area is 199 Å². The first-order valence-electron chi connectivity index (χ1n) is 11.9.